The average Bonchev–Trinajstić information content (AvgIpc) is 3.18. The number of piperidine rings is 1. The zero-order chi connectivity index (χ0) is 18.6. The Morgan fingerprint density at radius 2 is 2.11 bits per heavy atom. The van der Waals surface area contributed by atoms with E-state index in [9.17, 15) is 4.79 Å². The number of nitrogens with zero attached hydrogens (tertiary/aromatic N) is 5. The highest BCUT2D eigenvalue weighted by Crippen LogP contribution is 2.21. The van der Waals surface area contributed by atoms with Gasteiger partial charge in [0.05, 0.1) is 5.69 Å². The minimum Gasteiger partial charge on any atom is -0.353 e. The molecule has 2 aromatic rings. The highest BCUT2D eigenvalue weighted by Gasteiger charge is 2.23. The predicted octanol–water partition coefficient (Wildman–Crippen LogP) is 1.40. The topological polar surface area (TPSA) is 66.3 Å². The molecule has 1 atom stereocenters. The molecule has 7 nitrogen and oxygen atoms in total. The van der Waals surface area contributed by atoms with Gasteiger partial charge in [0.1, 0.15) is 12.4 Å². The third-order valence-electron chi connectivity index (χ3n) is 5.59. The van der Waals surface area contributed by atoms with E-state index in [0.29, 0.717) is 12.5 Å². The highest BCUT2D eigenvalue weighted by atomic mass is 16.2. The van der Waals surface area contributed by atoms with Crippen LogP contribution in [0.5, 0.6) is 0 Å². The second-order valence-electron chi connectivity index (χ2n) is 7.49. The highest BCUT2D eigenvalue weighted by molar-refractivity contribution is 5.76. The van der Waals surface area contributed by atoms with Gasteiger partial charge in [-0.05, 0) is 44.0 Å². The van der Waals surface area contributed by atoms with Gasteiger partial charge in [0.15, 0.2) is 0 Å². The fourth-order valence-corrected chi connectivity index (χ4v) is 4.00. The summed E-state index contributed by atoms with van der Waals surface area (Å²) in [5.41, 5.74) is 2.28. The monoisotopic (exact) mass is 368 g/mol. The number of nitrogens with one attached hydrogen (secondary N) is 1. The molecule has 2 fully saturated rings. The first kappa shape index (κ1) is 18.0. The van der Waals surface area contributed by atoms with E-state index in [2.05, 4.69) is 39.4 Å². The van der Waals surface area contributed by atoms with Gasteiger partial charge < -0.3 is 15.1 Å². The van der Waals surface area contributed by atoms with Gasteiger partial charge in [-0.3, -0.25) is 9.48 Å². The molecule has 27 heavy (non-hydrogen) atoms. The molecule has 0 aliphatic carbocycles. The van der Waals surface area contributed by atoms with E-state index in [1.165, 1.54) is 18.4 Å². The minimum absolute atomic E-state index is 0.142. The number of hydrogen-bond donors (Lipinski definition) is 1. The van der Waals surface area contributed by atoms with Crippen LogP contribution in [0.25, 0.3) is 0 Å². The fourth-order valence-electron chi connectivity index (χ4n) is 4.00. The van der Waals surface area contributed by atoms with Crippen molar-refractivity contribution in [1.82, 2.24) is 25.0 Å². The molecule has 0 bridgehead atoms. The molecule has 0 spiro atoms. The van der Waals surface area contributed by atoms with Crippen LogP contribution in [0.4, 0.5) is 5.82 Å². The summed E-state index contributed by atoms with van der Waals surface area (Å²) in [5, 5.41) is 8.07. The van der Waals surface area contributed by atoms with Crippen molar-refractivity contribution in [2.45, 2.75) is 32.2 Å². The number of aromatic nitrogens is 3. The van der Waals surface area contributed by atoms with Crippen molar-refractivity contribution in [3.05, 3.63) is 41.9 Å². The molecule has 4 rings (SSSR count). The number of amides is 1. The first-order valence-electron chi connectivity index (χ1n) is 9.89. The van der Waals surface area contributed by atoms with Gasteiger partial charge in [0, 0.05) is 51.0 Å². The zero-order valence-electron chi connectivity index (χ0n) is 16.0. The average molecular weight is 368 g/mol. The van der Waals surface area contributed by atoms with E-state index in [-0.39, 0.29) is 5.91 Å². The van der Waals surface area contributed by atoms with Crippen LogP contribution in [0.1, 0.15) is 30.0 Å². The zero-order valence-corrected chi connectivity index (χ0v) is 16.0. The first-order chi connectivity index (χ1) is 13.2. The Bertz CT molecular complexity index is 774. The van der Waals surface area contributed by atoms with Crippen LogP contribution in [-0.4, -0.2) is 64.8 Å². The van der Waals surface area contributed by atoms with E-state index in [1.807, 2.05) is 23.4 Å². The lowest BCUT2D eigenvalue weighted by Crippen LogP contribution is -2.50. The van der Waals surface area contributed by atoms with E-state index in [4.69, 9.17) is 0 Å². The van der Waals surface area contributed by atoms with Crippen molar-refractivity contribution in [3.63, 3.8) is 0 Å². The molecule has 2 aliphatic heterocycles. The van der Waals surface area contributed by atoms with Gasteiger partial charge in [-0.15, -0.1) is 0 Å². The number of piperazine rings is 1. The van der Waals surface area contributed by atoms with Crippen molar-refractivity contribution >= 4 is 11.7 Å². The summed E-state index contributed by atoms with van der Waals surface area (Å²) in [7, 11) is 0. The lowest BCUT2D eigenvalue weighted by molar-refractivity contribution is -0.132. The Labute approximate surface area is 160 Å². The maximum Gasteiger partial charge on any atom is 0.244 e. The Balaban J connectivity index is 1.31. The fraction of sp³-hybridized carbons (Fsp3) is 0.550. The van der Waals surface area contributed by atoms with Crippen molar-refractivity contribution in [2.24, 2.45) is 0 Å². The van der Waals surface area contributed by atoms with Gasteiger partial charge in [0.2, 0.25) is 5.91 Å². The summed E-state index contributed by atoms with van der Waals surface area (Å²) < 4.78 is 1.79. The molecule has 0 saturated carbocycles. The molecule has 1 amide bonds. The molecular weight excluding hydrogens is 340 g/mol. The molecule has 0 radical (unpaired) electrons. The normalized spacial score (nSPS) is 20.7. The maximum atomic E-state index is 12.7. The molecule has 7 heteroatoms. The van der Waals surface area contributed by atoms with Crippen LogP contribution in [0.3, 0.4) is 0 Å². The van der Waals surface area contributed by atoms with Gasteiger partial charge in [-0.25, -0.2) is 4.98 Å². The molecule has 2 aliphatic rings. The summed E-state index contributed by atoms with van der Waals surface area (Å²) >= 11 is 0. The lowest BCUT2D eigenvalue weighted by Gasteiger charge is -2.36. The number of rotatable bonds is 4. The summed E-state index contributed by atoms with van der Waals surface area (Å²) in [5.74, 6) is 1.64. The standard InChI is InChI=1S/C20H28N6O/c1-16-4-2-8-22-20(16)25-12-10-24(11-13-25)19(27)15-26-9-6-18(23-26)17-5-3-7-21-14-17/h2,4,6,8-9,17,21H,3,5,7,10-15H2,1H3. The first-order valence-corrected chi connectivity index (χ1v) is 9.89. The number of carbonyl (C=O) groups excluding carboxylic acids is 1. The summed E-state index contributed by atoms with van der Waals surface area (Å²) in [4.78, 5) is 21.4. The number of carbonyl (C=O) groups is 1. The third kappa shape index (κ3) is 4.13. The van der Waals surface area contributed by atoms with Crippen LogP contribution in [-0.2, 0) is 11.3 Å². The summed E-state index contributed by atoms with van der Waals surface area (Å²) in [6, 6.07) is 6.10. The number of anilines is 1. The summed E-state index contributed by atoms with van der Waals surface area (Å²) in [6.45, 7) is 7.59. The van der Waals surface area contributed by atoms with Crippen molar-refractivity contribution in [1.29, 1.82) is 0 Å². The van der Waals surface area contributed by atoms with Gasteiger partial charge in [0.25, 0.3) is 0 Å². The smallest absolute Gasteiger partial charge is 0.244 e. The summed E-state index contributed by atoms with van der Waals surface area (Å²) in [6.07, 6.45) is 6.13. The molecular formula is C20H28N6O. The van der Waals surface area contributed by atoms with Crippen molar-refractivity contribution in [2.75, 3.05) is 44.2 Å². The molecule has 0 aromatic carbocycles. The molecule has 144 valence electrons. The Kier molecular flexibility index (Phi) is 5.38. The third-order valence-corrected chi connectivity index (χ3v) is 5.59. The van der Waals surface area contributed by atoms with Crippen molar-refractivity contribution < 1.29 is 4.79 Å². The van der Waals surface area contributed by atoms with Gasteiger partial charge >= 0.3 is 0 Å². The second-order valence-corrected chi connectivity index (χ2v) is 7.49. The number of pyridine rings is 1. The molecule has 1 unspecified atom stereocenters. The predicted molar refractivity (Wildman–Crippen MR) is 105 cm³/mol. The SMILES string of the molecule is Cc1cccnc1N1CCN(C(=O)Cn2ccc(C3CCCNC3)n2)CC1. The van der Waals surface area contributed by atoms with Gasteiger partial charge in [-0.1, -0.05) is 6.07 Å². The Morgan fingerprint density at radius 3 is 2.85 bits per heavy atom. The quantitative estimate of drug-likeness (QED) is 0.884. The largest absolute Gasteiger partial charge is 0.353 e. The van der Waals surface area contributed by atoms with Crippen LogP contribution in [0.15, 0.2) is 30.6 Å². The second kappa shape index (κ2) is 8.08. The Hall–Kier alpha value is -2.41. The van der Waals surface area contributed by atoms with E-state index in [0.717, 1.165) is 50.8 Å². The number of hydrogen-bond acceptors (Lipinski definition) is 5. The lowest BCUT2D eigenvalue weighted by atomic mass is 9.97. The Morgan fingerprint density at radius 1 is 1.26 bits per heavy atom. The van der Waals surface area contributed by atoms with E-state index in [1.54, 1.807) is 4.68 Å². The minimum atomic E-state index is 0.142. The number of aryl methyl sites for hydroxylation is 1. The molecule has 2 aromatic heterocycles. The van der Waals surface area contributed by atoms with Crippen molar-refractivity contribution in [3.8, 4) is 0 Å². The van der Waals surface area contributed by atoms with E-state index >= 15 is 0 Å². The van der Waals surface area contributed by atoms with Gasteiger partial charge in [-0.2, -0.15) is 5.10 Å². The molecule has 1 N–H and O–H groups in total. The van der Waals surface area contributed by atoms with E-state index < -0.39 is 0 Å². The van der Waals surface area contributed by atoms with Crippen LogP contribution >= 0.6 is 0 Å². The molecule has 4 heterocycles. The van der Waals surface area contributed by atoms with Crippen LogP contribution < -0.4 is 10.2 Å². The molecule has 2 saturated heterocycles. The van der Waals surface area contributed by atoms with Crippen LogP contribution in [0.2, 0.25) is 0 Å². The van der Waals surface area contributed by atoms with Crippen LogP contribution in [0, 0.1) is 6.92 Å². The maximum absolute atomic E-state index is 12.7.